The van der Waals surface area contributed by atoms with Crippen LogP contribution in [0, 0.1) is 6.92 Å². The fourth-order valence-electron chi connectivity index (χ4n) is 4.42. The van der Waals surface area contributed by atoms with Crippen molar-refractivity contribution < 1.29 is 14.3 Å². The Morgan fingerprint density at radius 3 is 2.57 bits per heavy atom. The maximum Gasteiger partial charge on any atom is 0.251 e. The lowest BCUT2D eigenvalue weighted by Crippen LogP contribution is -2.24. The van der Waals surface area contributed by atoms with Gasteiger partial charge in [0.05, 0.1) is 24.8 Å². The van der Waals surface area contributed by atoms with Crippen LogP contribution in [0.5, 0.6) is 11.5 Å². The number of imidazole rings is 1. The highest BCUT2D eigenvalue weighted by atomic mass is 16.5. The van der Waals surface area contributed by atoms with E-state index >= 15 is 0 Å². The smallest absolute Gasteiger partial charge is 0.251 e. The number of nitrogens with zero attached hydrogens (tertiary/aromatic N) is 2. The van der Waals surface area contributed by atoms with E-state index in [1.165, 1.54) is 11.1 Å². The number of carbonyl (C=O) groups is 1. The molecule has 1 N–H and O–H groups in total. The van der Waals surface area contributed by atoms with Gasteiger partial charge in [-0.05, 0) is 75.1 Å². The van der Waals surface area contributed by atoms with Gasteiger partial charge in [0.15, 0.2) is 0 Å². The molecule has 194 valence electrons. The molecule has 0 atom stereocenters. The Labute approximate surface area is 219 Å². The second kappa shape index (κ2) is 13.5. The van der Waals surface area contributed by atoms with E-state index in [4.69, 9.17) is 14.5 Å². The summed E-state index contributed by atoms with van der Waals surface area (Å²) < 4.78 is 13.5. The number of aryl methyl sites for hydroxylation is 3. The van der Waals surface area contributed by atoms with Crippen LogP contribution in [0.15, 0.2) is 72.8 Å². The summed E-state index contributed by atoms with van der Waals surface area (Å²) in [6, 6.07) is 23.8. The summed E-state index contributed by atoms with van der Waals surface area (Å²) in [6.07, 6.45) is 5.97. The highest BCUT2D eigenvalue weighted by Gasteiger charge is 2.10. The van der Waals surface area contributed by atoms with E-state index in [1.807, 2.05) is 30.3 Å². The first kappa shape index (κ1) is 26.3. The molecule has 0 aliphatic rings. The van der Waals surface area contributed by atoms with E-state index in [0.717, 1.165) is 62.2 Å². The van der Waals surface area contributed by atoms with Crippen LogP contribution in [0.25, 0.3) is 11.0 Å². The van der Waals surface area contributed by atoms with Crippen LogP contribution in [-0.4, -0.2) is 35.7 Å². The van der Waals surface area contributed by atoms with Gasteiger partial charge in [-0.2, -0.15) is 0 Å². The van der Waals surface area contributed by atoms with E-state index in [2.05, 4.69) is 47.1 Å². The van der Waals surface area contributed by atoms with Crippen molar-refractivity contribution in [2.75, 3.05) is 20.3 Å². The van der Waals surface area contributed by atoms with Crippen LogP contribution < -0.4 is 14.8 Å². The minimum atomic E-state index is -0.0629. The summed E-state index contributed by atoms with van der Waals surface area (Å²) in [5, 5.41) is 3.01. The van der Waals surface area contributed by atoms with Crippen LogP contribution in [0.3, 0.4) is 0 Å². The summed E-state index contributed by atoms with van der Waals surface area (Å²) in [5.74, 6) is 2.70. The molecule has 0 saturated heterocycles. The molecule has 1 amide bonds. The van der Waals surface area contributed by atoms with Crippen molar-refractivity contribution >= 4 is 16.9 Å². The van der Waals surface area contributed by atoms with Gasteiger partial charge in [-0.25, -0.2) is 4.98 Å². The Morgan fingerprint density at radius 1 is 0.892 bits per heavy atom. The highest BCUT2D eigenvalue weighted by molar-refractivity contribution is 5.94. The lowest BCUT2D eigenvalue weighted by atomic mass is 10.1. The summed E-state index contributed by atoms with van der Waals surface area (Å²) in [7, 11) is 1.60. The zero-order valence-electron chi connectivity index (χ0n) is 21.9. The average Bonchev–Trinajstić information content (AvgIpc) is 3.28. The summed E-state index contributed by atoms with van der Waals surface area (Å²) in [5.41, 5.74) is 4.11. The molecule has 0 aliphatic carbocycles. The van der Waals surface area contributed by atoms with Crippen LogP contribution in [-0.2, 0) is 13.0 Å². The first-order valence-corrected chi connectivity index (χ1v) is 13.2. The van der Waals surface area contributed by atoms with Gasteiger partial charge >= 0.3 is 0 Å². The molecule has 1 aromatic heterocycles. The first-order valence-electron chi connectivity index (χ1n) is 13.2. The van der Waals surface area contributed by atoms with Gasteiger partial charge in [0.25, 0.3) is 5.91 Å². The molecule has 0 unspecified atom stereocenters. The molecule has 4 aromatic rings. The Kier molecular flexibility index (Phi) is 9.58. The maximum absolute atomic E-state index is 12.4. The molecule has 0 spiro atoms. The van der Waals surface area contributed by atoms with Gasteiger partial charge < -0.3 is 19.4 Å². The Balaban J connectivity index is 1.21. The molecule has 4 rings (SSSR count). The number of nitrogens with one attached hydrogen (secondary N) is 1. The van der Waals surface area contributed by atoms with E-state index in [9.17, 15) is 4.79 Å². The third-order valence-corrected chi connectivity index (χ3v) is 6.49. The molecule has 0 saturated carbocycles. The molecular formula is C31H37N3O3. The second-order valence-electron chi connectivity index (χ2n) is 9.34. The third-order valence-electron chi connectivity index (χ3n) is 6.49. The minimum absolute atomic E-state index is 0.0629. The molecule has 6 heteroatoms. The molecule has 0 aliphatic heterocycles. The van der Waals surface area contributed by atoms with Gasteiger partial charge in [0, 0.05) is 25.1 Å². The lowest BCUT2D eigenvalue weighted by Gasteiger charge is -2.11. The monoisotopic (exact) mass is 499 g/mol. The normalized spacial score (nSPS) is 11.0. The van der Waals surface area contributed by atoms with Gasteiger partial charge in [-0.3, -0.25) is 4.79 Å². The van der Waals surface area contributed by atoms with Crippen molar-refractivity contribution in [3.8, 4) is 11.5 Å². The molecule has 0 bridgehead atoms. The van der Waals surface area contributed by atoms with Crippen LogP contribution in [0.2, 0.25) is 0 Å². The number of hydrogen-bond acceptors (Lipinski definition) is 4. The Bertz CT molecular complexity index is 1280. The van der Waals surface area contributed by atoms with Crippen molar-refractivity contribution in [3.63, 3.8) is 0 Å². The van der Waals surface area contributed by atoms with Crippen molar-refractivity contribution in [1.82, 2.24) is 14.9 Å². The number of unbranched alkanes of at least 4 members (excludes halogenated alkanes) is 3. The summed E-state index contributed by atoms with van der Waals surface area (Å²) >= 11 is 0. The number of para-hydroxylation sites is 2. The number of fused-ring (bicyclic) bond motifs is 1. The fraction of sp³-hybridized carbons (Fsp3) is 0.355. The second-order valence-corrected chi connectivity index (χ2v) is 9.34. The lowest BCUT2D eigenvalue weighted by molar-refractivity contribution is 0.0952. The average molecular weight is 500 g/mol. The van der Waals surface area contributed by atoms with Gasteiger partial charge in [0.1, 0.15) is 17.3 Å². The van der Waals surface area contributed by atoms with E-state index in [-0.39, 0.29) is 5.91 Å². The Morgan fingerprint density at radius 2 is 1.73 bits per heavy atom. The molecule has 1 heterocycles. The molecule has 0 radical (unpaired) electrons. The van der Waals surface area contributed by atoms with Gasteiger partial charge in [-0.1, -0.05) is 42.3 Å². The maximum atomic E-state index is 12.4. The van der Waals surface area contributed by atoms with Crippen molar-refractivity contribution in [1.29, 1.82) is 0 Å². The number of hydrogen-bond donors (Lipinski definition) is 1. The minimum Gasteiger partial charge on any atom is -0.497 e. The van der Waals surface area contributed by atoms with Crippen molar-refractivity contribution in [2.24, 2.45) is 0 Å². The fourth-order valence-corrected chi connectivity index (χ4v) is 4.42. The van der Waals surface area contributed by atoms with Gasteiger partial charge in [0.2, 0.25) is 0 Å². The molecule has 3 aromatic carbocycles. The quantitative estimate of drug-likeness (QED) is 0.205. The van der Waals surface area contributed by atoms with Crippen LogP contribution >= 0.6 is 0 Å². The number of benzene rings is 3. The molecule has 37 heavy (non-hydrogen) atoms. The predicted molar refractivity (Wildman–Crippen MR) is 149 cm³/mol. The molecule has 0 fully saturated rings. The number of methoxy groups -OCH3 is 1. The predicted octanol–water partition coefficient (Wildman–Crippen LogP) is 6.36. The topological polar surface area (TPSA) is 65.4 Å². The standard InChI is InChI=1S/C31H37N3O3/c1-24-16-18-26(19-17-24)37-22-9-8-21-34-29-14-6-5-13-28(29)33-30(34)15-4-3-7-20-32-31(35)25-11-10-12-27(23-25)36-2/h5-6,10-14,16-19,23H,3-4,7-9,15,20-22H2,1-2H3,(H,32,35). The largest absolute Gasteiger partial charge is 0.497 e. The SMILES string of the molecule is COc1cccc(C(=O)NCCCCCc2nc3ccccc3n2CCCCOc2ccc(C)cc2)c1. The van der Waals surface area contributed by atoms with Gasteiger partial charge in [-0.15, -0.1) is 0 Å². The van der Waals surface area contributed by atoms with E-state index in [1.54, 1.807) is 19.2 Å². The highest BCUT2D eigenvalue weighted by Crippen LogP contribution is 2.19. The molecule has 6 nitrogen and oxygen atoms in total. The number of aromatic nitrogens is 2. The zero-order valence-corrected chi connectivity index (χ0v) is 21.9. The van der Waals surface area contributed by atoms with Crippen molar-refractivity contribution in [3.05, 3.63) is 89.7 Å². The van der Waals surface area contributed by atoms with Crippen LogP contribution in [0.4, 0.5) is 0 Å². The zero-order chi connectivity index (χ0) is 25.9. The number of rotatable bonds is 14. The van der Waals surface area contributed by atoms with Crippen LogP contribution in [0.1, 0.15) is 53.8 Å². The van der Waals surface area contributed by atoms with Crippen molar-refractivity contribution in [2.45, 2.75) is 52.0 Å². The number of amides is 1. The number of ether oxygens (including phenoxy) is 2. The summed E-state index contributed by atoms with van der Waals surface area (Å²) in [4.78, 5) is 17.3. The molecular weight excluding hydrogens is 462 g/mol. The Hall–Kier alpha value is -3.80. The summed E-state index contributed by atoms with van der Waals surface area (Å²) in [6.45, 7) is 4.39. The first-order chi connectivity index (χ1) is 18.1. The van der Waals surface area contributed by atoms with E-state index < -0.39 is 0 Å². The number of carbonyl (C=O) groups excluding carboxylic acids is 1. The third kappa shape index (κ3) is 7.59. The van der Waals surface area contributed by atoms with E-state index in [0.29, 0.717) is 24.5 Å².